The number of anilines is 1. The molecule has 1 aliphatic rings. The van der Waals surface area contributed by atoms with E-state index in [0.29, 0.717) is 38.1 Å². The number of H-pyrrole nitrogens is 1. The van der Waals surface area contributed by atoms with Crippen molar-refractivity contribution in [1.82, 2.24) is 9.99 Å². The zero-order valence-corrected chi connectivity index (χ0v) is 23.0. The van der Waals surface area contributed by atoms with E-state index in [9.17, 15) is 14.9 Å². The summed E-state index contributed by atoms with van der Waals surface area (Å²) >= 11 is 12.2. The number of hydrogen-bond donors (Lipinski definition) is 2. The van der Waals surface area contributed by atoms with Gasteiger partial charge in [0.05, 0.1) is 22.2 Å². The number of aromatic amines is 1. The Bertz CT molecular complexity index is 1890. The third-order valence-corrected chi connectivity index (χ3v) is 7.46. The Morgan fingerprint density at radius 2 is 1.71 bits per heavy atom. The van der Waals surface area contributed by atoms with Gasteiger partial charge in [-0.1, -0.05) is 72.3 Å². The van der Waals surface area contributed by atoms with Crippen LogP contribution in [0.1, 0.15) is 23.6 Å². The summed E-state index contributed by atoms with van der Waals surface area (Å²) in [6.45, 7) is 0. The number of fused-ring (bicyclic) bond motifs is 1. The number of nitro groups is 1. The first-order valence-corrected chi connectivity index (χ1v) is 13.6. The SMILES string of the molecule is O=c1[nH]c2ccc(Cl)cc2c(-c2ccccc2)c1C1=NN(C(=S)Nc2ccccc2)[C@@H](c2cccc([N+](=O)[O-])c2)C1. The highest BCUT2D eigenvalue weighted by atomic mass is 35.5. The van der Waals surface area contributed by atoms with Gasteiger partial charge in [0.1, 0.15) is 0 Å². The quantitative estimate of drug-likeness (QED) is 0.129. The molecule has 1 aliphatic heterocycles. The van der Waals surface area contributed by atoms with Crippen molar-refractivity contribution in [2.45, 2.75) is 12.5 Å². The molecule has 10 heteroatoms. The molecule has 41 heavy (non-hydrogen) atoms. The Labute approximate surface area is 245 Å². The van der Waals surface area contributed by atoms with Crippen LogP contribution in [0.25, 0.3) is 22.0 Å². The lowest BCUT2D eigenvalue weighted by Crippen LogP contribution is -2.31. The first kappa shape index (κ1) is 26.4. The van der Waals surface area contributed by atoms with Gasteiger partial charge in [-0.15, -0.1) is 0 Å². The van der Waals surface area contributed by atoms with E-state index in [4.69, 9.17) is 28.9 Å². The molecule has 0 radical (unpaired) electrons. The van der Waals surface area contributed by atoms with E-state index in [1.165, 1.54) is 12.1 Å². The first-order valence-electron chi connectivity index (χ1n) is 12.8. The van der Waals surface area contributed by atoms with Gasteiger partial charge in [-0.3, -0.25) is 14.9 Å². The summed E-state index contributed by atoms with van der Waals surface area (Å²) in [6.07, 6.45) is 0.284. The molecular weight excluding hydrogens is 558 g/mol. The number of nitro benzene ring substituents is 1. The van der Waals surface area contributed by atoms with E-state index in [1.54, 1.807) is 29.3 Å². The van der Waals surface area contributed by atoms with Gasteiger partial charge in [-0.25, -0.2) is 5.01 Å². The minimum atomic E-state index is -0.494. The topological polar surface area (TPSA) is 104 Å². The zero-order chi connectivity index (χ0) is 28.5. The molecule has 5 aromatic rings. The van der Waals surface area contributed by atoms with Crippen LogP contribution in [0.3, 0.4) is 0 Å². The van der Waals surface area contributed by atoms with Crippen molar-refractivity contribution < 1.29 is 4.92 Å². The lowest BCUT2D eigenvalue weighted by molar-refractivity contribution is -0.384. The van der Waals surface area contributed by atoms with Gasteiger partial charge in [0.2, 0.25) is 0 Å². The van der Waals surface area contributed by atoms with E-state index in [0.717, 1.165) is 16.6 Å². The second-order valence-corrected chi connectivity index (χ2v) is 10.3. The van der Waals surface area contributed by atoms with Crippen LogP contribution in [-0.2, 0) is 0 Å². The number of non-ortho nitro benzene ring substituents is 1. The number of nitrogens with zero attached hydrogens (tertiary/aromatic N) is 3. The monoisotopic (exact) mass is 579 g/mol. The van der Waals surface area contributed by atoms with Crippen LogP contribution < -0.4 is 10.9 Å². The highest BCUT2D eigenvalue weighted by molar-refractivity contribution is 7.80. The summed E-state index contributed by atoms with van der Waals surface area (Å²) in [5, 5.41) is 22.9. The average Bonchev–Trinajstić information content (AvgIpc) is 3.43. The summed E-state index contributed by atoms with van der Waals surface area (Å²) in [6, 6.07) is 30.3. The number of nitrogens with one attached hydrogen (secondary N) is 2. The number of rotatable bonds is 5. The van der Waals surface area contributed by atoms with Crippen molar-refractivity contribution in [1.29, 1.82) is 0 Å². The van der Waals surface area contributed by atoms with Gasteiger partial charge in [0.15, 0.2) is 5.11 Å². The van der Waals surface area contributed by atoms with E-state index >= 15 is 0 Å². The highest BCUT2D eigenvalue weighted by Gasteiger charge is 2.35. The fourth-order valence-electron chi connectivity index (χ4n) is 5.10. The first-order chi connectivity index (χ1) is 19.9. The summed E-state index contributed by atoms with van der Waals surface area (Å²) in [5.74, 6) is 0. The van der Waals surface area contributed by atoms with Crippen LogP contribution >= 0.6 is 23.8 Å². The third-order valence-electron chi connectivity index (χ3n) is 6.94. The largest absolute Gasteiger partial charge is 0.331 e. The number of thiocarbonyl (C=S) groups is 1. The van der Waals surface area contributed by atoms with Crippen molar-refractivity contribution in [3.8, 4) is 11.1 Å². The Hall–Kier alpha value is -4.86. The van der Waals surface area contributed by atoms with E-state index in [-0.39, 0.29) is 17.7 Å². The number of hydrogen-bond acceptors (Lipinski definition) is 5. The molecule has 8 nitrogen and oxygen atoms in total. The molecule has 2 N–H and O–H groups in total. The Morgan fingerprint density at radius 3 is 2.44 bits per heavy atom. The molecule has 0 amide bonds. The van der Waals surface area contributed by atoms with Gasteiger partial charge in [0.25, 0.3) is 11.2 Å². The Balaban J connectivity index is 1.53. The maximum atomic E-state index is 13.7. The highest BCUT2D eigenvalue weighted by Crippen LogP contribution is 2.38. The molecule has 0 saturated carbocycles. The van der Waals surface area contributed by atoms with Crippen molar-refractivity contribution in [3.63, 3.8) is 0 Å². The molecule has 0 saturated heterocycles. The van der Waals surface area contributed by atoms with Crippen LogP contribution in [0.15, 0.2) is 113 Å². The number of hydrazone groups is 1. The molecule has 1 aromatic heterocycles. The van der Waals surface area contributed by atoms with Crippen molar-refractivity contribution in [2.75, 3.05) is 5.32 Å². The number of aromatic nitrogens is 1. The molecule has 0 spiro atoms. The van der Waals surface area contributed by atoms with Crippen LogP contribution in [0.2, 0.25) is 5.02 Å². The molecule has 0 bridgehead atoms. The Kier molecular flexibility index (Phi) is 7.05. The maximum absolute atomic E-state index is 13.7. The lowest BCUT2D eigenvalue weighted by Gasteiger charge is -2.24. The molecule has 0 unspecified atom stereocenters. The molecule has 1 atom stereocenters. The zero-order valence-electron chi connectivity index (χ0n) is 21.5. The van der Waals surface area contributed by atoms with Gasteiger partial charge in [-0.05, 0) is 53.7 Å². The molecule has 0 aliphatic carbocycles. The number of benzene rings is 4. The van der Waals surface area contributed by atoms with Gasteiger partial charge in [-0.2, -0.15) is 5.10 Å². The van der Waals surface area contributed by atoms with E-state index < -0.39 is 11.0 Å². The summed E-state index contributed by atoms with van der Waals surface area (Å²) in [4.78, 5) is 27.9. The summed E-state index contributed by atoms with van der Waals surface area (Å²) in [7, 11) is 0. The summed E-state index contributed by atoms with van der Waals surface area (Å²) < 4.78 is 0. The van der Waals surface area contributed by atoms with Crippen molar-refractivity contribution in [3.05, 3.63) is 140 Å². The fourth-order valence-corrected chi connectivity index (χ4v) is 5.56. The fraction of sp³-hybridized carbons (Fsp3) is 0.0645. The van der Waals surface area contributed by atoms with Crippen molar-refractivity contribution in [2.24, 2.45) is 5.10 Å². The molecule has 0 fully saturated rings. The number of para-hydroxylation sites is 1. The van der Waals surface area contributed by atoms with Gasteiger partial charge in [0, 0.05) is 45.7 Å². The van der Waals surface area contributed by atoms with E-state index in [1.807, 2.05) is 66.7 Å². The minimum Gasteiger partial charge on any atom is -0.331 e. The molecule has 6 rings (SSSR count). The normalized spacial score (nSPS) is 14.6. The second kappa shape index (κ2) is 11.0. The molecule has 2 heterocycles. The van der Waals surface area contributed by atoms with Crippen LogP contribution in [0.4, 0.5) is 11.4 Å². The van der Waals surface area contributed by atoms with Crippen LogP contribution in [-0.4, -0.2) is 25.7 Å². The Morgan fingerprint density at radius 1 is 0.976 bits per heavy atom. The minimum absolute atomic E-state index is 0.0407. The molecule has 4 aromatic carbocycles. The predicted octanol–water partition coefficient (Wildman–Crippen LogP) is 7.30. The smallest absolute Gasteiger partial charge is 0.269 e. The van der Waals surface area contributed by atoms with Crippen LogP contribution in [0, 0.1) is 10.1 Å². The van der Waals surface area contributed by atoms with Gasteiger partial charge >= 0.3 is 0 Å². The standard InChI is InChI=1S/C31H22ClN5O3S/c32-21-14-15-25-24(17-21)28(19-8-3-1-4-9-19)29(30(38)34-25)26-18-27(20-10-7-13-23(16-20)37(39)40)36(35-26)31(41)33-22-11-5-2-6-12-22/h1-17,27H,18H2,(H,33,41)(H,34,38)/t27-/m1/s1. The van der Waals surface area contributed by atoms with Crippen molar-refractivity contribution >= 4 is 56.9 Å². The summed E-state index contributed by atoms with van der Waals surface area (Å²) in [5.41, 5.74) is 4.14. The number of pyridine rings is 1. The van der Waals surface area contributed by atoms with E-state index in [2.05, 4.69) is 10.3 Å². The average molecular weight is 580 g/mol. The molecular formula is C31H22ClN5O3S. The van der Waals surface area contributed by atoms with Crippen LogP contribution in [0.5, 0.6) is 0 Å². The number of halogens is 1. The third kappa shape index (κ3) is 5.20. The predicted molar refractivity (Wildman–Crippen MR) is 167 cm³/mol. The lowest BCUT2D eigenvalue weighted by atomic mass is 9.91. The molecule has 202 valence electrons. The second-order valence-electron chi connectivity index (χ2n) is 9.52. The maximum Gasteiger partial charge on any atom is 0.269 e. The van der Waals surface area contributed by atoms with Gasteiger partial charge < -0.3 is 10.3 Å².